The first-order chi connectivity index (χ1) is 9.02. The van der Waals surface area contributed by atoms with Crippen LogP contribution in [0.2, 0.25) is 0 Å². The summed E-state index contributed by atoms with van der Waals surface area (Å²) in [5.41, 5.74) is 6.77. The summed E-state index contributed by atoms with van der Waals surface area (Å²) >= 11 is 3.54. The first-order valence-electron chi connectivity index (χ1n) is 6.80. The summed E-state index contributed by atoms with van der Waals surface area (Å²) in [4.78, 5) is 0. The SMILES string of the molecule is CC1(C)CCC(COc2c(Br)cccc2CCN)O1. The van der Waals surface area contributed by atoms with Crippen LogP contribution in [-0.2, 0) is 11.2 Å². The zero-order chi connectivity index (χ0) is 13.9. The van der Waals surface area contributed by atoms with E-state index in [9.17, 15) is 0 Å². The molecule has 1 fully saturated rings. The van der Waals surface area contributed by atoms with Crippen LogP contribution in [0.25, 0.3) is 0 Å². The highest BCUT2D eigenvalue weighted by atomic mass is 79.9. The highest BCUT2D eigenvalue weighted by Crippen LogP contribution is 2.32. The summed E-state index contributed by atoms with van der Waals surface area (Å²) in [6.07, 6.45) is 3.16. The van der Waals surface area contributed by atoms with Gasteiger partial charge >= 0.3 is 0 Å². The third-order valence-electron chi connectivity index (χ3n) is 3.43. The van der Waals surface area contributed by atoms with Gasteiger partial charge in [-0.3, -0.25) is 0 Å². The van der Waals surface area contributed by atoms with Gasteiger partial charge in [0.1, 0.15) is 12.4 Å². The third kappa shape index (κ3) is 3.94. The predicted octanol–water partition coefficient (Wildman–Crippen LogP) is 3.29. The minimum atomic E-state index is -0.0119. The molecule has 1 saturated heterocycles. The van der Waals surface area contributed by atoms with Crippen molar-refractivity contribution in [3.8, 4) is 5.75 Å². The van der Waals surface area contributed by atoms with Crippen LogP contribution in [0.5, 0.6) is 5.75 Å². The Labute approximate surface area is 123 Å². The lowest BCUT2D eigenvalue weighted by molar-refractivity contribution is -0.0328. The van der Waals surface area contributed by atoms with Crippen molar-refractivity contribution in [2.75, 3.05) is 13.2 Å². The molecule has 106 valence electrons. The topological polar surface area (TPSA) is 44.5 Å². The van der Waals surface area contributed by atoms with Crippen LogP contribution in [0.15, 0.2) is 22.7 Å². The Bertz CT molecular complexity index is 434. The maximum Gasteiger partial charge on any atom is 0.136 e. The summed E-state index contributed by atoms with van der Waals surface area (Å²) in [7, 11) is 0. The zero-order valence-electron chi connectivity index (χ0n) is 11.6. The van der Waals surface area contributed by atoms with Crippen LogP contribution in [0.3, 0.4) is 0 Å². The quantitative estimate of drug-likeness (QED) is 0.902. The van der Waals surface area contributed by atoms with E-state index in [1.807, 2.05) is 12.1 Å². The summed E-state index contributed by atoms with van der Waals surface area (Å²) in [5.74, 6) is 0.904. The molecule has 0 spiro atoms. The molecule has 0 aromatic heterocycles. The highest BCUT2D eigenvalue weighted by molar-refractivity contribution is 9.10. The van der Waals surface area contributed by atoms with Gasteiger partial charge in [-0.1, -0.05) is 12.1 Å². The van der Waals surface area contributed by atoms with Gasteiger partial charge in [0.05, 0.1) is 16.2 Å². The van der Waals surface area contributed by atoms with Crippen molar-refractivity contribution in [1.82, 2.24) is 0 Å². The number of nitrogens with two attached hydrogens (primary N) is 1. The lowest BCUT2D eigenvalue weighted by Crippen LogP contribution is -2.24. The molecule has 0 amide bonds. The number of hydrogen-bond acceptors (Lipinski definition) is 3. The van der Waals surface area contributed by atoms with Gasteiger partial charge in [0.25, 0.3) is 0 Å². The molecular formula is C15H22BrNO2. The van der Waals surface area contributed by atoms with Gasteiger partial charge in [0.2, 0.25) is 0 Å². The Morgan fingerprint density at radius 2 is 2.26 bits per heavy atom. The molecule has 2 N–H and O–H groups in total. The largest absolute Gasteiger partial charge is 0.489 e. The fourth-order valence-corrected chi connectivity index (χ4v) is 2.96. The number of rotatable bonds is 5. The number of hydrogen-bond donors (Lipinski definition) is 1. The van der Waals surface area contributed by atoms with E-state index in [-0.39, 0.29) is 11.7 Å². The molecule has 19 heavy (non-hydrogen) atoms. The lowest BCUT2D eigenvalue weighted by Gasteiger charge is -2.20. The minimum Gasteiger partial charge on any atom is -0.489 e. The Morgan fingerprint density at radius 3 is 2.89 bits per heavy atom. The van der Waals surface area contributed by atoms with Gasteiger partial charge in [-0.05, 0) is 67.2 Å². The number of halogens is 1. The minimum absolute atomic E-state index is 0.0119. The molecule has 1 aliphatic rings. The van der Waals surface area contributed by atoms with Crippen LogP contribution in [-0.4, -0.2) is 24.9 Å². The van der Waals surface area contributed by atoms with Crippen LogP contribution in [0, 0.1) is 0 Å². The molecule has 1 aliphatic heterocycles. The van der Waals surface area contributed by atoms with E-state index in [2.05, 4.69) is 35.8 Å². The smallest absolute Gasteiger partial charge is 0.136 e. The maximum atomic E-state index is 5.97. The van der Waals surface area contributed by atoms with Crippen molar-refractivity contribution in [3.05, 3.63) is 28.2 Å². The number of ether oxygens (including phenoxy) is 2. The van der Waals surface area contributed by atoms with E-state index in [0.717, 1.165) is 35.0 Å². The Balaban J connectivity index is 1.99. The average Bonchev–Trinajstić information content (AvgIpc) is 2.69. The van der Waals surface area contributed by atoms with Crippen molar-refractivity contribution in [2.45, 2.75) is 44.8 Å². The van der Waals surface area contributed by atoms with E-state index >= 15 is 0 Å². The van der Waals surface area contributed by atoms with E-state index in [0.29, 0.717) is 13.2 Å². The monoisotopic (exact) mass is 327 g/mol. The molecule has 4 heteroatoms. The third-order valence-corrected chi connectivity index (χ3v) is 4.05. The molecule has 1 atom stereocenters. The Morgan fingerprint density at radius 1 is 1.47 bits per heavy atom. The highest BCUT2D eigenvalue weighted by Gasteiger charge is 2.32. The molecule has 1 heterocycles. The molecule has 0 saturated carbocycles. The van der Waals surface area contributed by atoms with Crippen LogP contribution >= 0.6 is 15.9 Å². The fourth-order valence-electron chi connectivity index (χ4n) is 2.44. The predicted molar refractivity (Wildman–Crippen MR) is 80.6 cm³/mol. The normalized spacial score (nSPS) is 21.6. The van der Waals surface area contributed by atoms with Crippen molar-refractivity contribution in [2.24, 2.45) is 5.73 Å². The van der Waals surface area contributed by atoms with Crippen LogP contribution in [0.4, 0.5) is 0 Å². The lowest BCUT2D eigenvalue weighted by atomic mass is 10.1. The van der Waals surface area contributed by atoms with Crippen LogP contribution in [0.1, 0.15) is 32.3 Å². The van der Waals surface area contributed by atoms with Gasteiger partial charge in [-0.25, -0.2) is 0 Å². The fraction of sp³-hybridized carbons (Fsp3) is 0.600. The van der Waals surface area contributed by atoms with Crippen molar-refractivity contribution in [1.29, 1.82) is 0 Å². The van der Waals surface area contributed by atoms with Gasteiger partial charge in [0.15, 0.2) is 0 Å². The zero-order valence-corrected chi connectivity index (χ0v) is 13.2. The van der Waals surface area contributed by atoms with Gasteiger partial charge in [-0.2, -0.15) is 0 Å². The molecular weight excluding hydrogens is 306 g/mol. The van der Waals surface area contributed by atoms with E-state index < -0.39 is 0 Å². The van der Waals surface area contributed by atoms with E-state index in [4.69, 9.17) is 15.2 Å². The second-order valence-electron chi connectivity index (χ2n) is 5.62. The van der Waals surface area contributed by atoms with Gasteiger partial charge < -0.3 is 15.2 Å². The molecule has 1 aromatic carbocycles. The van der Waals surface area contributed by atoms with Gasteiger partial charge in [0, 0.05) is 0 Å². The first kappa shape index (κ1) is 14.8. The van der Waals surface area contributed by atoms with Crippen molar-refractivity contribution >= 4 is 15.9 Å². The number of para-hydroxylation sites is 1. The molecule has 0 aliphatic carbocycles. The van der Waals surface area contributed by atoms with Crippen molar-refractivity contribution < 1.29 is 9.47 Å². The molecule has 1 unspecified atom stereocenters. The molecule has 0 radical (unpaired) electrons. The standard InChI is InChI=1S/C15H22BrNO2/c1-15(2)8-6-12(19-15)10-18-14-11(7-9-17)4-3-5-13(14)16/h3-5,12H,6-10,17H2,1-2H3. The molecule has 0 bridgehead atoms. The molecule has 2 rings (SSSR count). The Hall–Kier alpha value is -0.580. The average molecular weight is 328 g/mol. The second kappa shape index (κ2) is 6.25. The van der Waals surface area contributed by atoms with Crippen LogP contribution < -0.4 is 10.5 Å². The van der Waals surface area contributed by atoms with E-state index in [1.54, 1.807) is 0 Å². The summed E-state index contributed by atoms with van der Waals surface area (Å²) in [6.45, 7) is 5.49. The molecule has 3 nitrogen and oxygen atoms in total. The van der Waals surface area contributed by atoms with E-state index in [1.165, 1.54) is 0 Å². The Kier molecular flexibility index (Phi) is 4.87. The summed E-state index contributed by atoms with van der Waals surface area (Å²) < 4.78 is 12.9. The second-order valence-corrected chi connectivity index (χ2v) is 6.47. The maximum absolute atomic E-state index is 5.97. The number of benzene rings is 1. The van der Waals surface area contributed by atoms with Crippen molar-refractivity contribution in [3.63, 3.8) is 0 Å². The molecule has 1 aromatic rings. The summed E-state index contributed by atoms with van der Waals surface area (Å²) in [6, 6.07) is 6.07. The summed E-state index contributed by atoms with van der Waals surface area (Å²) in [5, 5.41) is 0. The van der Waals surface area contributed by atoms with Gasteiger partial charge in [-0.15, -0.1) is 0 Å². The first-order valence-corrected chi connectivity index (χ1v) is 7.59.